The molecule has 35 heavy (non-hydrogen) atoms. The number of nitrogens with two attached hydrogens (primary N) is 1. The van der Waals surface area contributed by atoms with Crippen molar-refractivity contribution in [1.82, 2.24) is 0 Å². The molecule has 0 aliphatic rings. The van der Waals surface area contributed by atoms with Crippen LogP contribution in [0, 0.1) is 0 Å². The van der Waals surface area contributed by atoms with E-state index in [9.17, 15) is 40.6 Å². The van der Waals surface area contributed by atoms with Crippen LogP contribution in [0.2, 0.25) is 0 Å². The number of nitrogen functional groups attached to an aromatic ring is 1. The summed E-state index contributed by atoms with van der Waals surface area (Å²) in [7, 11) is -9.03. The van der Waals surface area contributed by atoms with Crippen molar-refractivity contribution in [2.24, 2.45) is 0 Å². The summed E-state index contributed by atoms with van der Waals surface area (Å²) in [6.45, 7) is 0. The number of carbonyl (C=O) groups is 2. The fraction of sp³-hybridized carbons (Fsp3) is 0.0526. The van der Waals surface area contributed by atoms with E-state index in [1.54, 1.807) is 0 Å². The summed E-state index contributed by atoms with van der Waals surface area (Å²) in [4.78, 5) is 22.8. The first-order valence-corrected chi connectivity index (χ1v) is 11.5. The topological polar surface area (TPSA) is 216 Å². The van der Waals surface area contributed by atoms with E-state index in [0.29, 0.717) is 6.07 Å². The van der Waals surface area contributed by atoms with Crippen molar-refractivity contribution in [1.29, 1.82) is 0 Å². The third-order valence-corrected chi connectivity index (χ3v) is 6.07. The van der Waals surface area contributed by atoms with Crippen molar-refractivity contribution < 1.29 is 104 Å². The number of phenolic OH excluding ortho intramolecular Hbond substituents is 1. The Morgan fingerprint density at radius 2 is 1.40 bits per heavy atom. The molecule has 0 unspecified atom stereocenters. The van der Waals surface area contributed by atoms with Gasteiger partial charge in [0.25, 0.3) is 5.91 Å². The predicted octanol–water partition coefficient (Wildman–Crippen LogP) is -5.02. The molecule has 3 aromatic carbocycles. The third kappa shape index (κ3) is 7.16. The molecule has 0 spiro atoms. The van der Waals surface area contributed by atoms with Crippen LogP contribution in [0.1, 0.15) is 20.7 Å². The van der Waals surface area contributed by atoms with E-state index in [4.69, 9.17) is 5.73 Å². The zero-order valence-corrected chi connectivity index (χ0v) is 24.2. The van der Waals surface area contributed by atoms with Gasteiger partial charge in [0.1, 0.15) is 26.0 Å². The molecule has 0 aliphatic carbocycles. The summed E-state index contributed by atoms with van der Waals surface area (Å²) in [6.07, 6.45) is 0. The molecular formula is C19H14N2Na2O10S2. The van der Waals surface area contributed by atoms with Gasteiger partial charge in [-0.25, -0.2) is 21.6 Å². The van der Waals surface area contributed by atoms with Crippen molar-refractivity contribution in [3.8, 4) is 5.75 Å². The molecule has 0 saturated heterocycles. The Labute approximate surface area is 243 Å². The normalized spacial score (nSPS) is 11.2. The van der Waals surface area contributed by atoms with E-state index < -0.39 is 47.7 Å². The number of aromatic hydroxyl groups is 1. The van der Waals surface area contributed by atoms with Crippen molar-refractivity contribution in [2.75, 3.05) is 18.2 Å². The average molecular weight is 540 g/mol. The Kier molecular flexibility index (Phi) is 10.3. The summed E-state index contributed by atoms with van der Waals surface area (Å²) >= 11 is 0. The first-order chi connectivity index (χ1) is 15.2. The van der Waals surface area contributed by atoms with Gasteiger partial charge in [0.05, 0.1) is 28.2 Å². The number of benzene rings is 3. The molecule has 0 aliphatic heterocycles. The van der Waals surface area contributed by atoms with E-state index in [1.165, 1.54) is 12.1 Å². The van der Waals surface area contributed by atoms with E-state index in [-0.39, 0.29) is 92.4 Å². The van der Waals surface area contributed by atoms with Crippen LogP contribution in [0.3, 0.4) is 0 Å². The number of carbonyl (C=O) groups excluding carboxylic acids is 2. The van der Waals surface area contributed by atoms with Gasteiger partial charge in [-0.3, -0.25) is 4.79 Å². The third-order valence-electron chi connectivity index (χ3n) is 4.44. The number of amides is 1. The molecular weight excluding hydrogens is 526 g/mol. The molecule has 3 aromatic rings. The monoisotopic (exact) mass is 540 g/mol. The standard InChI is InChI=1S/C19H16N2O10S2.2Na/c1-31-19(24)11-2-10(3-12(20)4-11)18(23)21-15-7-13(32(25,26)27)5-9-6-14(33(28,29)30)8-16(22)17(9)15;;/h2-8,22H,20H2,1H3,(H,21,23)(H,25,26,27)(H,28,29,30);;/q;2*+1/p-2. The SMILES string of the molecule is COC(=O)c1cc(N)cc(C(=O)Nc2cc(S(=O)(=O)[O-])cc3cc(S(=O)(=O)[O-])cc(O)c23)c1.[Na+].[Na+]. The number of hydrogen-bond acceptors (Lipinski definition) is 11. The van der Waals surface area contributed by atoms with Crippen molar-refractivity contribution in [2.45, 2.75) is 9.79 Å². The minimum Gasteiger partial charge on any atom is -0.744 e. The first kappa shape index (κ1) is 31.3. The molecule has 0 heterocycles. The smallest absolute Gasteiger partial charge is 0.744 e. The predicted molar refractivity (Wildman–Crippen MR) is 112 cm³/mol. The second-order valence-corrected chi connectivity index (χ2v) is 9.47. The van der Waals surface area contributed by atoms with E-state index in [0.717, 1.165) is 31.4 Å². The molecule has 3 rings (SSSR count). The maximum absolute atomic E-state index is 12.8. The first-order valence-electron chi connectivity index (χ1n) is 8.73. The van der Waals surface area contributed by atoms with E-state index in [2.05, 4.69) is 10.1 Å². The number of fused-ring (bicyclic) bond motifs is 1. The van der Waals surface area contributed by atoms with Crippen LogP contribution in [-0.2, 0) is 25.0 Å². The molecule has 12 nitrogen and oxygen atoms in total. The number of phenols is 1. The van der Waals surface area contributed by atoms with Crippen LogP contribution < -0.4 is 70.2 Å². The number of anilines is 2. The van der Waals surface area contributed by atoms with Gasteiger partial charge in [0, 0.05) is 16.6 Å². The summed E-state index contributed by atoms with van der Waals surface area (Å²) in [6, 6.07) is 6.44. The Morgan fingerprint density at radius 3 is 1.91 bits per heavy atom. The average Bonchev–Trinajstić information content (AvgIpc) is 2.70. The van der Waals surface area contributed by atoms with Gasteiger partial charge in [-0.1, -0.05) is 0 Å². The number of rotatable bonds is 5. The fourth-order valence-corrected chi connectivity index (χ4v) is 4.10. The Morgan fingerprint density at radius 1 is 0.886 bits per heavy atom. The Hall–Kier alpha value is -1.72. The maximum Gasteiger partial charge on any atom is 1.00 e. The molecule has 0 bridgehead atoms. The molecule has 16 heteroatoms. The Bertz CT molecular complexity index is 1540. The quantitative estimate of drug-likeness (QED) is 0.120. The summed E-state index contributed by atoms with van der Waals surface area (Å²) < 4.78 is 73.3. The zero-order valence-electron chi connectivity index (χ0n) is 18.6. The summed E-state index contributed by atoms with van der Waals surface area (Å²) in [5, 5.41) is 12.0. The molecule has 0 atom stereocenters. The van der Waals surface area contributed by atoms with Crippen molar-refractivity contribution >= 4 is 54.3 Å². The number of methoxy groups -OCH3 is 1. The van der Waals surface area contributed by atoms with Gasteiger partial charge in [-0.15, -0.1) is 0 Å². The number of nitrogens with one attached hydrogen (secondary N) is 1. The van der Waals surface area contributed by atoms with Crippen molar-refractivity contribution in [3.63, 3.8) is 0 Å². The number of hydrogen-bond donors (Lipinski definition) is 3. The largest absolute Gasteiger partial charge is 1.00 e. The van der Waals surface area contributed by atoms with E-state index in [1.807, 2.05) is 0 Å². The van der Waals surface area contributed by atoms with Crippen LogP contribution in [0.4, 0.5) is 11.4 Å². The fourth-order valence-electron chi connectivity index (χ4n) is 3.04. The maximum atomic E-state index is 12.8. The summed E-state index contributed by atoms with van der Waals surface area (Å²) in [5.41, 5.74) is 5.12. The van der Waals surface area contributed by atoms with Crippen LogP contribution in [0.5, 0.6) is 5.75 Å². The number of esters is 1. The Balaban J connectivity index is 0.00000306. The molecule has 0 fully saturated rings. The van der Waals surface area contributed by atoms with Gasteiger partial charge in [-0.05, 0) is 47.9 Å². The van der Waals surface area contributed by atoms with Gasteiger partial charge < -0.3 is 30.0 Å². The number of ether oxygens (including phenoxy) is 1. The molecule has 0 aromatic heterocycles. The van der Waals surface area contributed by atoms with Crippen LogP contribution in [-0.4, -0.2) is 50.0 Å². The zero-order chi connectivity index (χ0) is 24.7. The molecule has 174 valence electrons. The minimum absolute atomic E-state index is 0. The molecule has 1 amide bonds. The van der Waals surface area contributed by atoms with Crippen LogP contribution in [0.25, 0.3) is 10.8 Å². The van der Waals surface area contributed by atoms with E-state index >= 15 is 0 Å². The summed E-state index contributed by atoms with van der Waals surface area (Å²) in [5.74, 6) is -2.49. The van der Waals surface area contributed by atoms with Crippen LogP contribution >= 0.6 is 0 Å². The molecule has 0 radical (unpaired) electrons. The van der Waals surface area contributed by atoms with Gasteiger partial charge in [0.15, 0.2) is 0 Å². The second kappa shape index (κ2) is 11.6. The van der Waals surface area contributed by atoms with Crippen molar-refractivity contribution in [3.05, 3.63) is 53.6 Å². The van der Waals surface area contributed by atoms with Gasteiger partial charge in [0.2, 0.25) is 0 Å². The molecule has 0 saturated carbocycles. The molecule has 4 N–H and O–H groups in total. The van der Waals surface area contributed by atoms with Gasteiger partial charge in [-0.2, -0.15) is 0 Å². The second-order valence-electron chi connectivity index (χ2n) is 6.71. The minimum atomic E-state index is -5.10. The van der Waals surface area contributed by atoms with Gasteiger partial charge >= 0.3 is 65.1 Å². The van der Waals surface area contributed by atoms with Crippen LogP contribution in [0.15, 0.2) is 52.3 Å².